The molecule has 0 spiro atoms. The van der Waals surface area contributed by atoms with E-state index in [-0.39, 0.29) is 15.9 Å². The Morgan fingerprint density at radius 1 is 1.25 bits per heavy atom. The van der Waals surface area contributed by atoms with Gasteiger partial charge in [0.1, 0.15) is 5.82 Å². The summed E-state index contributed by atoms with van der Waals surface area (Å²) in [4.78, 5) is 12.3. The van der Waals surface area contributed by atoms with E-state index < -0.39 is 5.82 Å². The fourth-order valence-corrected chi connectivity index (χ4v) is 2.51. The van der Waals surface area contributed by atoms with E-state index in [1.54, 1.807) is 6.07 Å². The summed E-state index contributed by atoms with van der Waals surface area (Å²) in [7, 11) is 0. The van der Waals surface area contributed by atoms with Gasteiger partial charge in [-0.1, -0.05) is 31.2 Å². The van der Waals surface area contributed by atoms with Crippen molar-refractivity contribution in [3.05, 3.63) is 63.4 Å². The standard InChI is InChI=1S/C16H15BrFNO/c1-3-11-7-4-6-10(2)15(11)19-16(20)12-8-5-9-13(18)14(12)17/h4-9H,3H2,1-2H3,(H,19,20). The minimum atomic E-state index is -0.446. The van der Waals surface area contributed by atoms with E-state index in [4.69, 9.17) is 0 Å². The maximum atomic E-state index is 13.5. The summed E-state index contributed by atoms with van der Waals surface area (Å²) in [5.74, 6) is -0.765. The first kappa shape index (κ1) is 14.7. The van der Waals surface area contributed by atoms with Gasteiger partial charge in [0.15, 0.2) is 0 Å². The molecule has 2 nitrogen and oxygen atoms in total. The van der Waals surface area contributed by atoms with Crippen LogP contribution in [0.15, 0.2) is 40.9 Å². The quantitative estimate of drug-likeness (QED) is 0.864. The number of nitrogens with one attached hydrogen (secondary N) is 1. The van der Waals surface area contributed by atoms with Crippen molar-refractivity contribution in [2.24, 2.45) is 0 Å². The molecule has 0 fully saturated rings. The summed E-state index contributed by atoms with van der Waals surface area (Å²) < 4.78 is 13.7. The Labute approximate surface area is 126 Å². The smallest absolute Gasteiger partial charge is 0.256 e. The van der Waals surface area contributed by atoms with E-state index in [1.165, 1.54) is 12.1 Å². The first-order valence-electron chi connectivity index (χ1n) is 6.38. The number of hydrogen-bond acceptors (Lipinski definition) is 1. The summed E-state index contributed by atoms with van der Waals surface area (Å²) in [5, 5.41) is 2.88. The molecule has 0 radical (unpaired) electrons. The molecule has 104 valence electrons. The number of amides is 1. The van der Waals surface area contributed by atoms with Gasteiger partial charge in [-0.25, -0.2) is 4.39 Å². The van der Waals surface area contributed by atoms with Crippen LogP contribution in [0.2, 0.25) is 0 Å². The Bertz CT molecular complexity index is 655. The van der Waals surface area contributed by atoms with Crippen molar-refractivity contribution in [2.75, 3.05) is 5.32 Å². The van der Waals surface area contributed by atoms with E-state index in [9.17, 15) is 9.18 Å². The Morgan fingerprint density at radius 3 is 2.65 bits per heavy atom. The zero-order valence-electron chi connectivity index (χ0n) is 11.3. The lowest BCUT2D eigenvalue weighted by Crippen LogP contribution is -2.15. The summed E-state index contributed by atoms with van der Waals surface area (Å²) >= 11 is 3.11. The van der Waals surface area contributed by atoms with Gasteiger partial charge in [0.25, 0.3) is 5.91 Å². The molecule has 4 heteroatoms. The molecule has 2 aromatic rings. The average molecular weight is 336 g/mol. The summed E-state index contributed by atoms with van der Waals surface area (Å²) in [5.41, 5.74) is 3.14. The van der Waals surface area contributed by atoms with E-state index in [1.807, 2.05) is 32.0 Å². The van der Waals surface area contributed by atoms with Gasteiger partial charge < -0.3 is 5.32 Å². The number of hydrogen-bond donors (Lipinski definition) is 1. The molecule has 0 bridgehead atoms. The molecular formula is C16H15BrFNO. The molecule has 0 aliphatic carbocycles. The van der Waals surface area contributed by atoms with Crippen LogP contribution in [-0.4, -0.2) is 5.91 Å². The molecule has 0 aliphatic rings. The first-order valence-corrected chi connectivity index (χ1v) is 7.17. The highest BCUT2D eigenvalue weighted by Gasteiger charge is 2.15. The fourth-order valence-electron chi connectivity index (χ4n) is 2.06. The highest BCUT2D eigenvalue weighted by Crippen LogP contribution is 2.25. The third-order valence-corrected chi connectivity index (χ3v) is 3.98. The largest absolute Gasteiger partial charge is 0.321 e. The second-order valence-electron chi connectivity index (χ2n) is 4.52. The summed E-state index contributed by atoms with van der Waals surface area (Å²) in [6, 6.07) is 10.3. The van der Waals surface area contributed by atoms with E-state index in [2.05, 4.69) is 21.2 Å². The Balaban J connectivity index is 2.35. The van der Waals surface area contributed by atoms with Crippen LogP contribution in [0.1, 0.15) is 28.4 Å². The minimum absolute atomic E-state index is 0.184. The molecule has 0 saturated carbocycles. The van der Waals surface area contributed by atoms with Gasteiger partial charge in [-0.15, -0.1) is 0 Å². The van der Waals surface area contributed by atoms with E-state index in [0.717, 1.165) is 23.2 Å². The van der Waals surface area contributed by atoms with E-state index >= 15 is 0 Å². The molecule has 1 N–H and O–H groups in total. The third-order valence-electron chi connectivity index (χ3n) is 3.17. The Hall–Kier alpha value is -1.68. The maximum absolute atomic E-state index is 13.5. The van der Waals surface area contributed by atoms with Gasteiger partial charge in [-0.05, 0) is 52.5 Å². The van der Waals surface area contributed by atoms with Crippen molar-refractivity contribution in [3.63, 3.8) is 0 Å². The number of aryl methyl sites for hydroxylation is 2. The van der Waals surface area contributed by atoms with Crippen LogP contribution < -0.4 is 5.32 Å². The van der Waals surface area contributed by atoms with Crippen LogP contribution in [0.4, 0.5) is 10.1 Å². The SMILES string of the molecule is CCc1cccc(C)c1NC(=O)c1cccc(F)c1Br. The molecule has 0 atom stereocenters. The molecule has 0 aromatic heterocycles. The molecule has 2 aromatic carbocycles. The van der Waals surface area contributed by atoms with Crippen LogP contribution in [0.5, 0.6) is 0 Å². The van der Waals surface area contributed by atoms with Gasteiger partial charge in [0, 0.05) is 5.69 Å². The molecule has 0 heterocycles. The number of anilines is 1. The number of rotatable bonds is 3. The topological polar surface area (TPSA) is 29.1 Å². The Kier molecular flexibility index (Phi) is 4.55. The highest BCUT2D eigenvalue weighted by molar-refractivity contribution is 9.10. The molecule has 2 rings (SSSR count). The van der Waals surface area contributed by atoms with Crippen LogP contribution >= 0.6 is 15.9 Å². The average Bonchev–Trinajstić information content (AvgIpc) is 2.44. The number of carbonyl (C=O) groups is 1. The fraction of sp³-hybridized carbons (Fsp3) is 0.188. The van der Waals surface area contributed by atoms with Gasteiger partial charge >= 0.3 is 0 Å². The third kappa shape index (κ3) is 2.90. The van der Waals surface area contributed by atoms with Crippen molar-refractivity contribution in [2.45, 2.75) is 20.3 Å². The molecule has 1 amide bonds. The monoisotopic (exact) mass is 335 g/mol. The predicted molar refractivity (Wildman–Crippen MR) is 82.6 cm³/mol. The van der Waals surface area contributed by atoms with Crippen molar-refractivity contribution in [3.8, 4) is 0 Å². The van der Waals surface area contributed by atoms with Crippen LogP contribution in [0.25, 0.3) is 0 Å². The zero-order valence-corrected chi connectivity index (χ0v) is 12.9. The lowest BCUT2D eigenvalue weighted by atomic mass is 10.1. The normalized spacial score (nSPS) is 10.4. The molecule has 0 aliphatic heterocycles. The molecule has 0 unspecified atom stereocenters. The number of benzene rings is 2. The highest BCUT2D eigenvalue weighted by atomic mass is 79.9. The molecule has 0 saturated heterocycles. The zero-order chi connectivity index (χ0) is 14.7. The van der Waals surface area contributed by atoms with Crippen LogP contribution in [0, 0.1) is 12.7 Å². The van der Waals surface area contributed by atoms with Crippen molar-refractivity contribution >= 4 is 27.5 Å². The summed E-state index contributed by atoms with van der Waals surface area (Å²) in [6.45, 7) is 3.97. The molecule has 20 heavy (non-hydrogen) atoms. The second kappa shape index (κ2) is 6.18. The van der Waals surface area contributed by atoms with Crippen molar-refractivity contribution in [1.82, 2.24) is 0 Å². The summed E-state index contributed by atoms with van der Waals surface area (Å²) in [6.07, 6.45) is 0.821. The van der Waals surface area contributed by atoms with Gasteiger partial charge in [0.05, 0.1) is 10.0 Å². The maximum Gasteiger partial charge on any atom is 0.256 e. The number of para-hydroxylation sites is 1. The predicted octanol–water partition coefficient (Wildman–Crippen LogP) is 4.71. The van der Waals surface area contributed by atoms with Gasteiger partial charge in [-0.3, -0.25) is 4.79 Å². The van der Waals surface area contributed by atoms with Gasteiger partial charge in [-0.2, -0.15) is 0 Å². The Morgan fingerprint density at radius 2 is 1.95 bits per heavy atom. The van der Waals surface area contributed by atoms with Crippen LogP contribution in [-0.2, 0) is 6.42 Å². The number of carbonyl (C=O) groups excluding carboxylic acids is 1. The second-order valence-corrected chi connectivity index (χ2v) is 5.31. The molecular weight excluding hydrogens is 321 g/mol. The first-order chi connectivity index (χ1) is 9.54. The van der Waals surface area contributed by atoms with Crippen LogP contribution in [0.3, 0.4) is 0 Å². The van der Waals surface area contributed by atoms with E-state index in [0.29, 0.717) is 0 Å². The van der Waals surface area contributed by atoms with Crippen molar-refractivity contribution < 1.29 is 9.18 Å². The van der Waals surface area contributed by atoms with Crippen molar-refractivity contribution in [1.29, 1.82) is 0 Å². The van der Waals surface area contributed by atoms with Gasteiger partial charge in [0.2, 0.25) is 0 Å². The lowest BCUT2D eigenvalue weighted by Gasteiger charge is -2.13. The minimum Gasteiger partial charge on any atom is -0.321 e. The lowest BCUT2D eigenvalue weighted by molar-refractivity contribution is 0.102. The number of halogens is 2.